The molecular formula is C26H36F2N8O. The molecule has 2 aliphatic rings. The van der Waals surface area contributed by atoms with Gasteiger partial charge in [0.2, 0.25) is 5.95 Å². The first-order valence-corrected chi connectivity index (χ1v) is 12.3. The van der Waals surface area contributed by atoms with Crippen LogP contribution in [-0.2, 0) is 0 Å². The Morgan fingerprint density at radius 1 is 1.16 bits per heavy atom. The van der Waals surface area contributed by atoms with Crippen molar-refractivity contribution in [3.63, 3.8) is 0 Å². The van der Waals surface area contributed by atoms with Crippen molar-refractivity contribution in [3.8, 4) is 17.0 Å². The Labute approximate surface area is 218 Å². The van der Waals surface area contributed by atoms with Crippen LogP contribution in [0.15, 0.2) is 36.5 Å². The first-order valence-electron chi connectivity index (χ1n) is 12.3. The Kier molecular flexibility index (Phi) is 6.79. The van der Waals surface area contributed by atoms with Crippen molar-refractivity contribution >= 4 is 28.8 Å². The molecule has 0 unspecified atom stereocenters. The number of aromatic nitrogens is 2. The largest absolute Gasteiger partial charge is 0.486 e. The van der Waals surface area contributed by atoms with Crippen molar-refractivity contribution in [1.82, 2.24) is 20.2 Å². The Morgan fingerprint density at radius 2 is 1.95 bits per heavy atom. The second-order valence-electron chi connectivity index (χ2n) is 9.34. The van der Waals surface area contributed by atoms with Gasteiger partial charge in [-0.05, 0) is 44.2 Å². The average Bonchev–Trinajstić information content (AvgIpc) is 2.90. The third kappa shape index (κ3) is 4.99. The van der Waals surface area contributed by atoms with E-state index in [-0.39, 0.29) is 33.3 Å². The van der Waals surface area contributed by atoms with Crippen LogP contribution in [0.25, 0.3) is 11.3 Å². The number of amidine groups is 1. The van der Waals surface area contributed by atoms with E-state index in [4.69, 9.17) is 15.9 Å². The van der Waals surface area contributed by atoms with Gasteiger partial charge in [0.05, 0.1) is 18.4 Å². The molecule has 0 amide bonds. The number of nitrogens with two attached hydrogens (primary N) is 1. The van der Waals surface area contributed by atoms with Crippen molar-refractivity contribution in [3.05, 3.63) is 53.7 Å². The van der Waals surface area contributed by atoms with E-state index < -0.39 is 11.6 Å². The molecule has 11 heteroatoms. The number of ether oxygens (including phenoxy) is 1. The van der Waals surface area contributed by atoms with Gasteiger partial charge in [-0.3, -0.25) is 5.41 Å². The number of nitrogens with one attached hydrogen (secondary N) is 3. The lowest BCUT2D eigenvalue weighted by Crippen LogP contribution is -2.46. The molecule has 0 atom stereocenters. The number of piperazine rings is 1. The highest BCUT2D eigenvalue weighted by Crippen LogP contribution is 2.39. The van der Waals surface area contributed by atoms with Crippen LogP contribution in [0.1, 0.15) is 23.7 Å². The van der Waals surface area contributed by atoms with Gasteiger partial charge < -0.3 is 30.9 Å². The van der Waals surface area contributed by atoms with Gasteiger partial charge in [-0.15, -0.1) is 0 Å². The number of anilines is 4. The summed E-state index contributed by atoms with van der Waals surface area (Å²) in [6, 6.07) is 8.24. The number of fused-ring (bicyclic) bond motifs is 1. The number of benzene rings is 2. The molecule has 1 aromatic heterocycles. The van der Waals surface area contributed by atoms with Gasteiger partial charge in [-0.1, -0.05) is 0 Å². The lowest BCUT2D eigenvalue weighted by atomic mass is 10.1. The van der Waals surface area contributed by atoms with E-state index in [9.17, 15) is 8.78 Å². The molecular weight excluding hydrogens is 478 g/mol. The number of rotatable bonds is 5. The van der Waals surface area contributed by atoms with Gasteiger partial charge in [-0.2, -0.15) is 0 Å². The SMILES string of the molecule is CC(C)N1CCOc2c(F)cc(-c3nc(Nc4ccc(N)c(C(=N)N5CCNCC5)c4)ncc3F)cc21.[HH].[HH].[HH]. The number of halogens is 2. The lowest BCUT2D eigenvalue weighted by molar-refractivity contribution is 0.287. The lowest BCUT2D eigenvalue weighted by Gasteiger charge is -2.34. The second kappa shape index (κ2) is 10.2. The van der Waals surface area contributed by atoms with Crippen molar-refractivity contribution in [2.45, 2.75) is 19.9 Å². The highest BCUT2D eigenvalue weighted by atomic mass is 19.1. The zero-order valence-electron chi connectivity index (χ0n) is 20.8. The fourth-order valence-corrected chi connectivity index (χ4v) is 4.63. The van der Waals surface area contributed by atoms with Crippen LogP contribution in [0.2, 0.25) is 0 Å². The fraction of sp³-hybridized carbons (Fsp3) is 0.346. The molecule has 0 bridgehead atoms. The van der Waals surface area contributed by atoms with Crippen LogP contribution in [-0.4, -0.2) is 66.1 Å². The van der Waals surface area contributed by atoms with Crippen LogP contribution in [0.5, 0.6) is 5.75 Å². The highest BCUT2D eigenvalue weighted by molar-refractivity contribution is 6.02. The number of hydrogen-bond acceptors (Lipinski definition) is 8. The number of nitrogen functional groups attached to an aromatic ring is 1. The van der Waals surface area contributed by atoms with Gasteiger partial charge in [0.1, 0.15) is 18.1 Å². The molecule has 3 heterocycles. The van der Waals surface area contributed by atoms with E-state index in [0.29, 0.717) is 41.6 Å². The third-order valence-corrected chi connectivity index (χ3v) is 6.55. The summed E-state index contributed by atoms with van der Waals surface area (Å²) in [7, 11) is 0. The zero-order chi connectivity index (χ0) is 26.1. The smallest absolute Gasteiger partial charge is 0.227 e. The predicted molar refractivity (Wildman–Crippen MR) is 147 cm³/mol. The summed E-state index contributed by atoms with van der Waals surface area (Å²) in [5.41, 5.74) is 8.66. The van der Waals surface area contributed by atoms with Crippen LogP contribution >= 0.6 is 0 Å². The molecule has 0 aliphatic carbocycles. The van der Waals surface area contributed by atoms with Gasteiger partial charge in [0.15, 0.2) is 17.4 Å². The number of hydrogen-bond donors (Lipinski definition) is 4. The fourth-order valence-electron chi connectivity index (χ4n) is 4.63. The summed E-state index contributed by atoms with van der Waals surface area (Å²) in [5.74, 6) is -0.602. The molecule has 5 rings (SSSR count). The van der Waals surface area contributed by atoms with Crippen LogP contribution in [0.4, 0.5) is 31.8 Å². The summed E-state index contributed by atoms with van der Waals surface area (Å²) >= 11 is 0. The van der Waals surface area contributed by atoms with Gasteiger partial charge >= 0.3 is 0 Å². The van der Waals surface area contributed by atoms with E-state index in [1.165, 1.54) is 6.07 Å². The maximum atomic E-state index is 15.0. The van der Waals surface area contributed by atoms with E-state index >= 15 is 0 Å². The average molecular weight is 515 g/mol. The molecule has 5 N–H and O–H groups in total. The Morgan fingerprint density at radius 3 is 2.70 bits per heavy atom. The molecule has 200 valence electrons. The molecule has 2 aliphatic heterocycles. The third-order valence-electron chi connectivity index (χ3n) is 6.55. The van der Waals surface area contributed by atoms with Gasteiger partial charge in [0.25, 0.3) is 0 Å². The first-order chi connectivity index (χ1) is 17.8. The monoisotopic (exact) mass is 514 g/mol. The Hall–Kier alpha value is -3.99. The molecule has 3 aromatic rings. The predicted octanol–water partition coefficient (Wildman–Crippen LogP) is 4.32. The van der Waals surface area contributed by atoms with E-state index in [1.807, 2.05) is 23.6 Å². The second-order valence-corrected chi connectivity index (χ2v) is 9.34. The highest BCUT2D eigenvalue weighted by Gasteiger charge is 2.26. The summed E-state index contributed by atoms with van der Waals surface area (Å²) in [6.07, 6.45) is 1.06. The molecule has 0 saturated carbocycles. The van der Waals surface area contributed by atoms with Gasteiger partial charge in [-0.25, -0.2) is 18.7 Å². The first kappa shape index (κ1) is 24.7. The Balaban J connectivity index is 0.00000187. The Bertz CT molecular complexity index is 1340. The maximum Gasteiger partial charge on any atom is 0.227 e. The molecule has 37 heavy (non-hydrogen) atoms. The van der Waals surface area contributed by atoms with Crippen LogP contribution in [0.3, 0.4) is 0 Å². The van der Waals surface area contributed by atoms with Gasteiger partial charge in [0, 0.05) is 59.0 Å². The zero-order valence-corrected chi connectivity index (χ0v) is 20.8. The quantitative estimate of drug-likeness (QED) is 0.226. The van der Waals surface area contributed by atoms with Crippen molar-refractivity contribution in [1.29, 1.82) is 5.41 Å². The molecule has 1 fully saturated rings. The van der Waals surface area contributed by atoms with Crippen LogP contribution < -0.4 is 26.0 Å². The number of nitrogens with zero attached hydrogens (tertiary/aromatic N) is 4. The minimum Gasteiger partial charge on any atom is -0.486 e. The minimum absolute atomic E-state index is 0. The summed E-state index contributed by atoms with van der Waals surface area (Å²) in [6.45, 7) is 8.05. The molecule has 0 radical (unpaired) electrons. The topological polar surface area (TPSA) is 115 Å². The summed E-state index contributed by atoms with van der Waals surface area (Å²) in [5, 5.41) is 15.0. The minimum atomic E-state index is -0.670. The molecule has 0 spiro atoms. The van der Waals surface area contributed by atoms with E-state index in [1.54, 1.807) is 24.3 Å². The summed E-state index contributed by atoms with van der Waals surface area (Å²) < 4.78 is 35.4. The van der Waals surface area contributed by atoms with Crippen molar-refractivity contribution in [2.24, 2.45) is 0 Å². The van der Waals surface area contributed by atoms with E-state index in [0.717, 1.165) is 32.4 Å². The molecule has 2 aromatic carbocycles. The molecule has 1 saturated heterocycles. The van der Waals surface area contributed by atoms with E-state index in [2.05, 4.69) is 20.6 Å². The van der Waals surface area contributed by atoms with Crippen molar-refractivity contribution < 1.29 is 17.8 Å². The van der Waals surface area contributed by atoms with Crippen molar-refractivity contribution in [2.75, 3.05) is 55.3 Å². The molecule has 9 nitrogen and oxygen atoms in total. The normalized spacial score (nSPS) is 15.4. The maximum absolute atomic E-state index is 15.0. The van der Waals surface area contributed by atoms with Crippen LogP contribution in [0, 0.1) is 17.0 Å². The summed E-state index contributed by atoms with van der Waals surface area (Å²) in [4.78, 5) is 12.4. The standard InChI is InChI=1S/C26H30F2N8O.3H2/c1-15(2)36-9-10-37-24-19(27)11-16(12-22(24)36)23-20(28)14-32-26(34-23)33-17-3-4-21(29)18(13-17)25(30)35-7-5-31-6-8-35;;;/h3-4,11-15,30-31H,5-10,29H2,1-2H3,(H,32,33,34);3*1H.